The van der Waals surface area contributed by atoms with Crippen LogP contribution in [0.1, 0.15) is 18.7 Å². The van der Waals surface area contributed by atoms with Gasteiger partial charge in [-0.1, -0.05) is 12.1 Å². The smallest absolute Gasteiger partial charge is 0.236 e. The molecule has 7 heteroatoms. The molecule has 0 atom stereocenters. The van der Waals surface area contributed by atoms with Gasteiger partial charge in [0.15, 0.2) is 0 Å². The molecule has 27 heavy (non-hydrogen) atoms. The molecule has 0 bridgehead atoms. The summed E-state index contributed by atoms with van der Waals surface area (Å²) in [7, 11) is 1.93. The van der Waals surface area contributed by atoms with Crippen molar-refractivity contribution < 1.29 is 4.79 Å². The first-order chi connectivity index (χ1) is 13.1. The second kappa shape index (κ2) is 7.78. The number of carbonyl (C=O) groups excluding carboxylic acids is 1. The number of benzene rings is 1. The van der Waals surface area contributed by atoms with Crippen molar-refractivity contribution in [2.45, 2.75) is 19.4 Å². The van der Waals surface area contributed by atoms with E-state index in [0.717, 1.165) is 55.4 Å². The Kier molecular flexibility index (Phi) is 5.22. The van der Waals surface area contributed by atoms with Crippen molar-refractivity contribution in [3.05, 3.63) is 30.1 Å². The second-order valence-electron chi connectivity index (χ2n) is 7.81. The minimum atomic E-state index is 0.237. The summed E-state index contributed by atoms with van der Waals surface area (Å²) in [5, 5.41) is 0.903. The average molecular weight is 368 g/mol. The molecule has 1 aliphatic carbocycles. The van der Waals surface area contributed by atoms with Gasteiger partial charge in [-0.25, -0.2) is 9.97 Å². The number of carbonyl (C=O) groups is 1. The number of piperazine rings is 1. The zero-order valence-corrected chi connectivity index (χ0v) is 16.0. The Hall–Kier alpha value is -2.25. The summed E-state index contributed by atoms with van der Waals surface area (Å²) >= 11 is 0. The van der Waals surface area contributed by atoms with Crippen molar-refractivity contribution >= 4 is 22.6 Å². The maximum absolute atomic E-state index is 12.3. The minimum absolute atomic E-state index is 0.237. The van der Waals surface area contributed by atoms with E-state index in [1.807, 2.05) is 36.2 Å². The van der Waals surface area contributed by atoms with Crippen molar-refractivity contribution in [2.24, 2.45) is 5.92 Å². The van der Waals surface area contributed by atoms with Crippen LogP contribution in [-0.2, 0) is 11.3 Å². The fourth-order valence-electron chi connectivity index (χ4n) is 3.63. The number of amides is 1. The SMILES string of the molecule is CN(CC1CC1)C(=O)CN1CCN(Cc2nc(N)c3ccccc3n2)CC1. The highest BCUT2D eigenvalue weighted by molar-refractivity contribution is 5.87. The molecule has 2 heterocycles. The number of fused-ring (bicyclic) bond motifs is 1. The van der Waals surface area contributed by atoms with E-state index < -0.39 is 0 Å². The highest BCUT2D eigenvalue weighted by atomic mass is 16.2. The summed E-state index contributed by atoms with van der Waals surface area (Å²) in [6, 6.07) is 7.84. The van der Waals surface area contributed by atoms with E-state index in [9.17, 15) is 4.79 Å². The van der Waals surface area contributed by atoms with E-state index in [4.69, 9.17) is 5.73 Å². The molecular weight excluding hydrogens is 340 g/mol. The zero-order chi connectivity index (χ0) is 18.8. The average Bonchev–Trinajstić information content (AvgIpc) is 3.47. The highest BCUT2D eigenvalue weighted by Crippen LogP contribution is 2.29. The van der Waals surface area contributed by atoms with Crippen molar-refractivity contribution in [2.75, 3.05) is 52.0 Å². The lowest BCUT2D eigenvalue weighted by Crippen LogP contribution is -2.49. The fourth-order valence-corrected chi connectivity index (χ4v) is 3.63. The largest absolute Gasteiger partial charge is 0.383 e. The number of hydrogen-bond acceptors (Lipinski definition) is 6. The van der Waals surface area contributed by atoms with Gasteiger partial charge in [0.25, 0.3) is 0 Å². The third-order valence-electron chi connectivity index (χ3n) is 5.52. The first kappa shape index (κ1) is 18.1. The summed E-state index contributed by atoms with van der Waals surface area (Å²) in [5.41, 5.74) is 6.98. The van der Waals surface area contributed by atoms with Gasteiger partial charge in [-0.05, 0) is 30.9 Å². The van der Waals surface area contributed by atoms with Gasteiger partial charge in [0.1, 0.15) is 11.6 Å². The summed E-state index contributed by atoms with van der Waals surface area (Å²) in [6.07, 6.45) is 2.55. The van der Waals surface area contributed by atoms with Crippen LogP contribution < -0.4 is 5.73 Å². The quantitative estimate of drug-likeness (QED) is 0.825. The van der Waals surface area contributed by atoms with Gasteiger partial charge < -0.3 is 10.6 Å². The van der Waals surface area contributed by atoms with Gasteiger partial charge in [0.2, 0.25) is 5.91 Å². The predicted octanol–water partition coefficient (Wildman–Crippen LogP) is 1.20. The summed E-state index contributed by atoms with van der Waals surface area (Å²) in [5.74, 6) is 2.28. The van der Waals surface area contributed by atoms with Crippen molar-refractivity contribution in [3.63, 3.8) is 0 Å². The molecule has 1 aromatic heterocycles. The van der Waals surface area contributed by atoms with Crippen LogP contribution in [0.2, 0.25) is 0 Å². The molecule has 4 rings (SSSR count). The number of nitrogens with two attached hydrogens (primary N) is 1. The number of anilines is 1. The lowest BCUT2D eigenvalue weighted by molar-refractivity contribution is -0.131. The summed E-state index contributed by atoms with van der Waals surface area (Å²) < 4.78 is 0. The molecule has 1 saturated carbocycles. The van der Waals surface area contributed by atoms with Crippen LogP contribution in [0.25, 0.3) is 10.9 Å². The van der Waals surface area contributed by atoms with E-state index in [0.29, 0.717) is 18.9 Å². The van der Waals surface area contributed by atoms with Gasteiger partial charge in [-0.2, -0.15) is 0 Å². The standard InChI is InChI=1S/C20H28N6O/c1-24(12-15-6-7-15)19(27)14-26-10-8-25(9-11-26)13-18-22-17-5-3-2-4-16(17)20(21)23-18/h2-5,15H,6-14H2,1H3,(H2,21,22,23). The van der Waals surface area contributed by atoms with Crippen molar-refractivity contribution in [1.82, 2.24) is 24.7 Å². The number of hydrogen-bond donors (Lipinski definition) is 1. The lowest BCUT2D eigenvalue weighted by atomic mass is 10.2. The molecule has 2 aliphatic rings. The van der Waals surface area contributed by atoms with Gasteiger partial charge in [0, 0.05) is 45.2 Å². The van der Waals surface area contributed by atoms with Gasteiger partial charge in [-0.3, -0.25) is 14.6 Å². The van der Waals surface area contributed by atoms with E-state index in [-0.39, 0.29) is 5.91 Å². The maximum atomic E-state index is 12.3. The van der Waals surface area contributed by atoms with Crippen LogP contribution in [0.5, 0.6) is 0 Å². The van der Waals surface area contributed by atoms with Crippen LogP contribution in [-0.4, -0.2) is 76.9 Å². The summed E-state index contributed by atoms with van der Waals surface area (Å²) in [4.78, 5) is 27.9. The molecule has 1 amide bonds. The predicted molar refractivity (Wildman–Crippen MR) is 106 cm³/mol. The van der Waals surface area contributed by atoms with Crippen LogP contribution in [0.4, 0.5) is 5.82 Å². The third-order valence-corrected chi connectivity index (χ3v) is 5.52. The van der Waals surface area contributed by atoms with Crippen LogP contribution in [0.15, 0.2) is 24.3 Å². The molecule has 2 N–H and O–H groups in total. The molecule has 2 aromatic rings. The minimum Gasteiger partial charge on any atom is -0.383 e. The molecule has 0 unspecified atom stereocenters. The molecule has 1 aromatic carbocycles. The number of nitrogens with zero attached hydrogens (tertiary/aromatic N) is 5. The summed E-state index contributed by atoms with van der Waals surface area (Å²) in [6.45, 7) is 5.75. The first-order valence-corrected chi connectivity index (χ1v) is 9.78. The Morgan fingerprint density at radius 3 is 2.59 bits per heavy atom. The van der Waals surface area contributed by atoms with Crippen molar-refractivity contribution in [3.8, 4) is 0 Å². The van der Waals surface area contributed by atoms with E-state index >= 15 is 0 Å². The topological polar surface area (TPSA) is 78.6 Å². The second-order valence-corrected chi connectivity index (χ2v) is 7.81. The molecule has 0 spiro atoms. The molecule has 1 saturated heterocycles. The van der Waals surface area contributed by atoms with Gasteiger partial charge >= 0.3 is 0 Å². The molecule has 1 aliphatic heterocycles. The van der Waals surface area contributed by atoms with E-state index in [1.165, 1.54) is 12.8 Å². The Bertz CT molecular complexity index is 813. The van der Waals surface area contributed by atoms with Crippen molar-refractivity contribution in [1.29, 1.82) is 0 Å². The Labute approximate surface area is 160 Å². The number of rotatable bonds is 6. The number of likely N-dealkylation sites (N-methyl/N-ethyl adjacent to an activating group) is 1. The maximum Gasteiger partial charge on any atom is 0.236 e. The normalized spacial score (nSPS) is 18.7. The Morgan fingerprint density at radius 2 is 1.85 bits per heavy atom. The molecule has 0 radical (unpaired) electrons. The molecule has 144 valence electrons. The first-order valence-electron chi connectivity index (χ1n) is 9.78. The Balaban J connectivity index is 1.28. The van der Waals surface area contributed by atoms with E-state index in [2.05, 4.69) is 19.8 Å². The lowest BCUT2D eigenvalue weighted by Gasteiger charge is -2.34. The number of nitrogen functional groups attached to an aromatic ring is 1. The zero-order valence-electron chi connectivity index (χ0n) is 16.0. The van der Waals surface area contributed by atoms with E-state index in [1.54, 1.807) is 0 Å². The number of aromatic nitrogens is 2. The highest BCUT2D eigenvalue weighted by Gasteiger charge is 2.26. The molecule has 7 nitrogen and oxygen atoms in total. The Morgan fingerprint density at radius 1 is 1.15 bits per heavy atom. The van der Waals surface area contributed by atoms with Gasteiger partial charge in [0.05, 0.1) is 18.6 Å². The third kappa shape index (κ3) is 4.54. The fraction of sp³-hybridized carbons (Fsp3) is 0.550. The molecular formula is C20H28N6O. The number of para-hydroxylation sites is 1. The van der Waals surface area contributed by atoms with Gasteiger partial charge in [-0.15, -0.1) is 0 Å². The monoisotopic (exact) mass is 368 g/mol. The van der Waals surface area contributed by atoms with Crippen LogP contribution >= 0.6 is 0 Å². The molecule has 2 fully saturated rings. The van der Waals surface area contributed by atoms with Crippen LogP contribution in [0.3, 0.4) is 0 Å². The van der Waals surface area contributed by atoms with Crippen LogP contribution in [0, 0.1) is 5.92 Å².